The molecule has 0 aromatic carbocycles. The van der Waals surface area contributed by atoms with Crippen molar-refractivity contribution >= 4 is 28.3 Å². The molecule has 2 aliphatic rings. The molecule has 0 unspecified atom stereocenters. The van der Waals surface area contributed by atoms with Crippen molar-refractivity contribution in [3.05, 3.63) is 5.82 Å². The zero-order valence-corrected chi connectivity index (χ0v) is 17.2. The second-order valence-corrected chi connectivity index (χ2v) is 7.63. The molecular formula is C14H21N7O9S. The number of aromatic nitrogens is 4. The van der Waals surface area contributed by atoms with E-state index in [-0.39, 0.29) is 51.4 Å². The summed E-state index contributed by atoms with van der Waals surface area (Å²) in [6, 6.07) is -2.35. The van der Waals surface area contributed by atoms with Crippen LogP contribution in [0.1, 0.15) is 25.6 Å². The minimum atomic E-state index is -4.86. The average molecular weight is 463 g/mol. The third kappa shape index (κ3) is 5.63. The number of tetrazole rings is 1. The summed E-state index contributed by atoms with van der Waals surface area (Å²) in [5.41, 5.74) is 2.23. The fourth-order valence-corrected chi connectivity index (χ4v) is 3.68. The summed E-state index contributed by atoms with van der Waals surface area (Å²) < 4.78 is 41.1. The van der Waals surface area contributed by atoms with Gasteiger partial charge in [0.1, 0.15) is 12.5 Å². The Morgan fingerprint density at radius 3 is 2.81 bits per heavy atom. The third-order valence-electron chi connectivity index (χ3n) is 4.59. The third-order valence-corrected chi connectivity index (χ3v) is 4.94. The molecule has 1 aromatic heterocycles. The van der Waals surface area contributed by atoms with Gasteiger partial charge in [-0.05, 0) is 30.2 Å². The topological polar surface area (TPSA) is 195 Å². The Balaban J connectivity index is 1.47. The summed E-state index contributed by atoms with van der Waals surface area (Å²) in [6.45, 7) is 2.07. The van der Waals surface area contributed by atoms with Crippen molar-refractivity contribution < 1.29 is 41.2 Å². The van der Waals surface area contributed by atoms with Crippen LogP contribution in [0.15, 0.2) is 0 Å². The normalized spacial score (nSPS) is 20.8. The number of carbonyl (C=O) groups is 3. The van der Waals surface area contributed by atoms with Gasteiger partial charge in [0, 0.05) is 6.54 Å². The Kier molecular flexibility index (Phi) is 6.98. The van der Waals surface area contributed by atoms with Crippen molar-refractivity contribution in [1.82, 2.24) is 35.7 Å². The van der Waals surface area contributed by atoms with Crippen molar-refractivity contribution in [2.45, 2.75) is 44.8 Å². The van der Waals surface area contributed by atoms with Crippen molar-refractivity contribution in [3.63, 3.8) is 0 Å². The molecule has 2 atom stereocenters. The second-order valence-electron chi connectivity index (χ2n) is 6.62. The summed E-state index contributed by atoms with van der Waals surface area (Å²) >= 11 is 0. The summed E-state index contributed by atoms with van der Waals surface area (Å²) in [4.78, 5) is 42.5. The van der Waals surface area contributed by atoms with E-state index >= 15 is 0 Å². The molecule has 0 radical (unpaired) electrons. The fraction of sp³-hybridized carbons (Fsp3) is 0.714. The Bertz CT molecular complexity index is 936. The Morgan fingerprint density at radius 1 is 1.32 bits per heavy atom. The summed E-state index contributed by atoms with van der Waals surface area (Å²) in [6.07, 6.45) is 0.418. The minimum absolute atomic E-state index is 0.0338. The molecule has 2 bridgehead atoms. The highest BCUT2D eigenvalue weighted by atomic mass is 32.3. The van der Waals surface area contributed by atoms with E-state index in [9.17, 15) is 22.8 Å². The van der Waals surface area contributed by atoms with E-state index in [0.717, 1.165) is 4.90 Å². The first-order chi connectivity index (χ1) is 14.7. The number of esters is 1. The molecule has 3 amide bonds. The van der Waals surface area contributed by atoms with Crippen molar-refractivity contribution in [2.24, 2.45) is 0 Å². The van der Waals surface area contributed by atoms with Crippen LogP contribution in [0.4, 0.5) is 4.79 Å². The lowest BCUT2D eigenvalue weighted by Gasteiger charge is -2.28. The lowest BCUT2D eigenvalue weighted by Crippen LogP contribution is -2.49. The molecule has 17 heteroatoms. The molecule has 2 saturated heterocycles. The van der Waals surface area contributed by atoms with Crippen LogP contribution in [0.3, 0.4) is 0 Å². The van der Waals surface area contributed by atoms with E-state index in [0.29, 0.717) is 5.06 Å². The largest absolute Gasteiger partial charge is 0.466 e. The van der Waals surface area contributed by atoms with E-state index in [1.807, 2.05) is 0 Å². The second kappa shape index (κ2) is 9.50. The Labute approximate surface area is 176 Å². The number of nitrogens with zero attached hydrogens (tertiary/aromatic N) is 6. The van der Waals surface area contributed by atoms with E-state index in [4.69, 9.17) is 14.1 Å². The molecule has 0 saturated carbocycles. The van der Waals surface area contributed by atoms with Crippen LogP contribution in [0.5, 0.6) is 0 Å². The van der Waals surface area contributed by atoms with Crippen LogP contribution < -0.4 is 5.48 Å². The lowest BCUT2D eigenvalue weighted by molar-refractivity contribution is -0.142. The van der Waals surface area contributed by atoms with E-state index < -0.39 is 40.4 Å². The summed E-state index contributed by atoms with van der Waals surface area (Å²) in [5, 5.41) is 11.5. The zero-order chi connectivity index (χ0) is 22.6. The van der Waals surface area contributed by atoms with Gasteiger partial charge in [-0.3, -0.25) is 19.0 Å². The summed E-state index contributed by atoms with van der Waals surface area (Å²) in [7, 11) is -4.86. The number of hydrogen-bond acceptors (Lipinski definition) is 11. The fourth-order valence-electron chi connectivity index (χ4n) is 3.29. The quantitative estimate of drug-likeness (QED) is 0.165. The van der Waals surface area contributed by atoms with Crippen LogP contribution in [0.2, 0.25) is 0 Å². The number of hydrogen-bond donors (Lipinski definition) is 2. The number of fused-ring (bicyclic) bond motifs is 2. The number of amides is 3. The van der Waals surface area contributed by atoms with Gasteiger partial charge in [-0.15, -0.1) is 9.38 Å². The number of carbonyl (C=O) groups excluding carboxylic acids is 3. The standard InChI is InChI=1S/C14H21N7O9S/c1-2-28-12(22)7-11-15-17-18-20(11)5-6-29-16-13(23)10-4-3-9-8-19(10)14(24)21(9)30-31(25,26)27/h9-10H,2-8H2,1H3,(H,16,23)(H,25,26,27)/t9-,10+/m1/s1. The minimum Gasteiger partial charge on any atom is -0.466 e. The highest BCUT2D eigenvalue weighted by Gasteiger charge is 2.49. The van der Waals surface area contributed by atoms with Gasteiger partial charge in [-0.1, -0.05) is 0 Å². The molecule has 172 valence electrons. The number of urea groups is 1. The lowest BCUT2D eigenvalue weighted by atomic mass is 10.0. The molecule has 1 aromatic rings. The number of hydroxylamine groups is 3. The molecule has 2 fully saturated rings. The summed E-state index contributed by atoms with van der Waals surface area (Å²) in [5.74, 6) is -0.817. The van der Waals surface area contributed by atoms with Crippen LogP contribution in [-0.2, 0) is 46.8 Å². The smallest absolute Gasteiger partial charge is 0.418 e. The first-order valence-electron chi connectivity index (χ1n) is 9.28. The number of rotatable bonds is 10. The van der Waals surface area contributed by atoms with Crippen molar-refractivity contribution in [1.29, 1.82) is 0 Å². The van der Waals surface area contributed by atoms with Gasteiger partial charge in [0.25, 0.3) is 5.91 Å². The first kappa shape index (κ1) is 22.8. The van der Waals surface area contributed by atoms with Crippen molar-refractivity contribution in [3.8, 4) is 0 Å². The predicted molar refractivity (Wildman–Crippen MR) is 95.6 cm³/mol. The molecule has 0 aliphatic carbocycles. The van der Waals surface area contributed by atoms with Gasteiger partial charge in [0.15, 0.2) is 5.82 Å². The van der Waals surface area contributed by atoms with Gasteiger partial charge in [-0.2, -0.15) is 13.5 Å². The van der Waals surface area contributed by atoms with E-state index in [1.54, 1.807) is 6.92 Å². The van der Waals surface area contributed by atoms with Crippen molar-refractivity contribution in [2.75, 3.05) is 19.8 Å². The molecule has 2 aliphatic heterocycles. The van der Waals surface area contributed by atoms with Gasteiger partial charge in [0.2, 0.25) is 0 Å². The van der Waals surface area contributed by atoms with Crippen LogP contribution in [0, 0.1) is 0 Å². The molecule has 0 spiro atoms. The maximum Gasteiger partial charge on any atom is 0.418 e. The van der Waals surface area contributed by atoms with Gasteiger partial charge in [-0.25, -0.2) is 15.0 Å². The van der Waals surface area contributed by atoms with E-state index in [1.165, 1.54) is 4.68 Å². The SMILES string of the molecule is CCOC(=O)Cc1nnnn1CCONC(=O)[C@@H]1CC[C@@H]2CN1C(=O)N2OS(=O)(=O)O. The first-order valence-corrected chi connectivity index (χ1v) is 10.6. The molecule has 31 heavy (non-hydrogen) atoms. The van der Waals surface area contributed by atoms with Crippen LogP contribution >= 0.6 is 0 Å². The highest BCUT2D eigenvalue weighted by Crippen LogP contribution is 2.30. The molecular weight excluding hydrogens is 442 g/mol. The maximum atomic E-state index is 12.4. The maximum absolute atomic E-state index is 12.4. The number of ether oxygens (including phenoxy) is 1. The predicted octanol–water partition coefficient (Wildman–Crippen LogP) is -2.17. The van der Waals surface area contributed by atoms with E-state index in [2.05, 4.69) is 25.3 Å². The molecule has 3 heterocycles. The number of nitrogens with one attached hydrogen (secondary N) is 1. The van der Waals surface area contributed by atoms with Crippen LogP contribution in [0.25, 0.3) is 0 Å². The Hall–Kier alpha value is -2.89. The zero-order valence-electron chi connectivity index (χ0n) is 16.4. The average Bonchev–Trinajstić information content (AvgIpc) is 3.22. The highest BCUT2D eigenvalue weighted by molar-refractivity contribution is 7.80. The Morgan fingerprint density at radius 2 is 2.10 bits per heavy atom. The molecule has 16 nitrogen and oxygen atoms in total. The molecule has 3 rings (SSSR count). The van der Waals surface area contributed by atoms with Gasteiger partial charge in [0.05, 0.1) is 25.8 Å². The van der Waals surface area contributed by atoms with Gasteiger partial charge >= 0.3 is 22.4 Å². The molecule has 2 N–H and O–H groups in total. The van der Waals surface area contributed by atoms with Crippen LogP contribution in [-0.4, -0.2) is 92.9 Å². The van der Waals surface area contributed by atoms with Gasteiger partial charge < -0.3 is 9.64 Å². The monoisotopic (exact) mass is 463 g/mol. The number of piperidine rings is 1.